The van der Waals surface area contributed by atoms with Gasteiger partial charge in [-0.25, -0.2) is 0 Å². The third-order valence-electron chi connectivity index (χ3n) is 2.56. The van der Waals surface area contributed by atoms with Crippen LogP contribution in [-0.2, 0) is 9.47 Å². The molecule has 3 nitrogen and oxygen atoms in total. The molecule has 0 aromatic heterocycles. The van der Waals surface area contributed by atoms with E-state index in [1.807, 2.05) is 0 Å². The number of aliphatic hydroxyl groups is 1. The molecule has 1 fully saturated rings. The van der Waals surface area contributed by atoms with Gasteiger partial charge in [0.25, 0.3) is 0 Å². The Balaban J connectivity index is 2.00. The minimum absolute atomic E-state index is 0.0281. The molecule has 1 saturated heterocycles. The molecule has 3 heteroatoms. The summed E-state index contributed by atoms with van der Waals surface area (Å²) >= 11 is 0. The van der Waals surface area contributed by atoms with Crippen molar-refractivity contribution in [3.63, 3.8) is 0 Å². The first-order chi connectivity index (χ1) is 6.83. The van der Waals surface area contributed by atoms with Crippen LogP contribution in [0.15, 0.2) is 0 Å². The van der Waals surface area contributed by atoms with Crippen molar-refractivity contribution in [3.05, 3.63) is 0 Å². The normalized spacial score (nSPS) is 24.9. The van der Waals surface area contributed by atoms with Gasteiger partial charge >= 0.3 is 0 Å². The molecule has 2 atom stereocenters. The maximum absolute atomic E-state index is 8.67. The van der Waals surface area contributed by atoms with Crippen molar-refractivity contribution in [2.75, 3.05) is 19.8 Å². The SMILES string of the molecule is C[C@H](CCCO)COC1CCCCO1. The highest BCUT2D eigenvalue weighted by Crippen LogP contribution is 2.15. The lowest BCUT2D eigenvalue weighted by Crippen LogP contribution is -2.24. The second kappa shape index (κ2) is 7.21. The Hall–Kier alpha value is -0.120. The average Bonchev–Trinajstić information content (AvgIpc) is 2.25. The molecule has 1 heterocycles. The van der Waals surface area contributed by atoms with E-state index in [-0.39, 0.29) is 12.9 Å². The molecule has 84 valence electrons. The lowest BCUT2D eigenvalue weighted by atomic mass is 10.1. The molecule has 0 radical (unpaired) electrons. The zero-order valence-corrected chi connectivity index (χ0v) is 9.08. The molecule has 0 aromatic carbocycles. The lowest BCUT2D eigenvalue weighted by Gasteiger charge is -2.24. The van der Waals surface area contributed by atoms with Crippen molar-refractivity contribution in [2.45, 2.75) is 45.3 Å². The van der Waals surface area contributed by atoms with E-state index < -0.39 is 0 Å². The minimum atomic E-state index is 0.0281. The summed E-state index contributed by atoms with van der Waals surface area (Å²) in [7, 11) is 0. The van der Waals surface area contributed by atoms with Crippen LogP contribution in [0.1, 0.15) is 39.0 Å². The van der Waals surface area contributed by atoms with E-state index in [0.29, 0.717) is 5.92 Å². The zero-order chi connectivity index (χ0) is 10.2. The summed E-state index contributed by atoms with van der Waals surface area (Å²) in [5.41, 5.74) is 0. The van der Waals surface area contributed by atoms with E-state index in [0.717, 1.165) is 32.5 Å². The van der Waals surface area contributed by atoms with E-state index >= 15 is 0 Å². The molecule has 0 aromatic rings. The fourth-order valence-corrected chi connectivity index (χ4v) is 1.64. The Labute approximate surface area is 86.4 Å². The van der Waals surface area contributed by atoms with Gasteiger partial charge in [-0.15, -0.1) is 0 Å². The molecule has 1 N–H and O–H groups in total. The van der Waals surface area contributed by atoms with Crippen molar-refractivity contribution in [2.24, 2.45) is 5.92 Å². The van der Waals surface area contributed by atoms with Crippen LogP contribution in [0.3, 0.4) is 0 Å². The number of ether oxygens (including phenoxy) is 2. The molecular formula is C11H22O3. The number of hydrogen-bond donors (Lipinski definition) is 1. The van der Waals surface area contributed by atoms with Crippen molar-refractivity contribution < 1.29 is 14.6 Å². The summed E-state index contributed by atoms with van der Waals surface area (Å²) in [6.07, 6.45) is 5.35. The van der Waals surface area contributed by atoms with Crippen LogP contribution in [0.4, 0.5) is 0 Å². The summed E-state index contributed by atoms with van der Waals surface area (Å²) in [4.78, 5) is 0. The molecule has 0 spiro atoms. The summed E-state index contributed by atoms with van der Waals surface area (Å²) in [5, 5.41) is 8.67. The van der Waals surface area contributed by atoms with Gasteiger partial charge in [0.05, 0.1) is 6.61 Å². The van der Waals surface area contributed by atoms with Gasteiger partial charge in [-0.1, -0.05) is 6.92 Å². The summed E-state index contributed by atoms with van der Waals surface area (Å²) in [6, 6.07) is 0. The van der Waals surface area contributed by atoms with Crippen molar-refractivity contribution in [1.82, 2.24) is 0 Å². The Morgan fingerprint density at radius 1 is 1.50 bits per heavy atom. The third kappa shape index (κ3) is 4.94. The topological polar surface area (TPSA) is 38.7 Å². The van der Waals surface area contributed by atoms with Crippen LogP contribution in [0.25, 0.3) is 0 Å². The summed E-state index contributed by atoms with van der Waals surface area (Å²) in [6.45, 7) is 4.03. The lowest BCUT2D eigenvalue weighted by molar-refractivity contribution is -0.168. The van der Waals surface area contributed by atoms with Gasteiger partial charge in [-0.3, -0.25) is 0 Å². The molecule has 1 unspecified atom stereocenters. The molecule has 1 aliphatic rings. The Morgan fingerprint density at radius 2 is 2.36 bits per heavy atom. The van der Waals surface area contributed by atoms with Crippen LogP contribution >= 0.6 is 0 Å². The van der Waals surface area contributed by atoms with Crippen LogP contribution < -0.4 is 0 Å². The quantitative estimate of drug-likeness (QED) is 0.715. The van der Waals surface area contributed by atoms with E-state index in [1.165, 1.54) is 12.8 Å². The Kier molecular flexibility index (Phi) is 6.15. The molecule has 1 aliphatic heterocycles. The first-order valence-electron chi connectivity index (χ1n) is 5.67. The van der Waals surface area contributed by atoms with Gasteiger partial charge in [0, 0.05) is 13.2 Å². The molecule has 0 bridgehead atoms. The first kappa shape index (κ1) is 12.0. The second-order valence-electron chi connectivity index (χ2n) is 4.10. The summed E-state index contributed by atoms with van der Waals surface area (Å²) in [5.74, 6) is 0.521. The van der Waals surface area contributed by atoms with Crippen molar-refractivity contribution >= 4 is 0 Å². The van der Waals surface area contributed by atoms with E-state index in [9.17, 15) is 0 Å². The standard InChI is InChI=1S/C11H22O3/c1-10(5-4-7-12)9-14-11-6-2-3-8-13-11/h10-12H,2-9H2,1H3/t10-,11?/m1/s1. The first-order valence-corrected chi connectivity index (χ1v) is 5.67. The molecule has 0 saturated carbocycles. The number of rotatable bonds is 6. The molecule has 0 aliphatic carbocycles. The average molecular weight is 202 g/mol. The third-order valence-corrected chi connectivity index (χ3v) is 2.56. The zero-order valence-electron chi connectivity index (χ0n) is 9.08. The Bertz CT molecular complexity index is 132. The van der Waals surface area contributed by atoms with Crippen LogP contribution in [0.5, 0.6) is 0 Å². The Morgan fingerprint density at radius 3 is 3.00 bits per heavy atom. The van der Waals surface area contributed by atoms with Crippen molar-refractivity contribution in [3.8, 4) is 0 Å². The van der Waals surface area contributed by atoms with Gasteiger partial charge in [0.15, 0.2) is 6.29 Å². The van der Waals surface area contributed by atoms with Crippen LogP contribution in [0.2, 0.25) is 0 Å². The van der Waals surface area contributed by atoms with E-state index in [1.54, 1.807) is 0 Å². The predicted octanol–water partition coefficient (Wildman–Crippen LogP) is 1.94. The number of hydrogen-bond acceptors (Lipinski definition) is 3. The minimum Gasteiger partial charge on any atom is -0.396 e. The van der Waals surface area contributed by atoms with Crippen LogP contribution in [-0.4, -0.2) is 31.2 Å². The van der Waals surface area contributed by atoms with Gasteiger partial charge in [-0.2, -0.15) is 0 Å². The monoisotopic (exact) mass is 202 g/mol. The molecule has 0 amide bonds. The molecule has 1 rings (SSSR count). The largest absolute Gasteiger partial charge is 0.396 e. The second-order valence-corrected chi connectivity index (χ2v) is 4.10. The number of aliphatic hydroxyl groups excluding tert-OH is 1. The van der Waals surface area contributed by atoms with Gasteiger partial charge in [0.1, 0.15) is 0 Å². The van der Waals surface area contributed by atoms with Crippen molar-refractivity contribution in [1.29, 1.82) is 0 Å². The molecule has 14 heavy (non-hydrogen) atoms. The van der Waals surface area contributed by atoms with E-state index in [2.05, 4.69) is 6.92 Å². The van der Waals surface area contributed by atoms with Gasteiger partial charge in [-0.05, 0) is 38.0 Å². The smallest absolute Gasteiger partial charge is 0.157 e. The maximum atomic E-state index is 8.67. The van der Waals surface area contributed by atoms with Gasteiger partial charge < -0.3 is 14.6 Å². The van der Waals surface area contributed by atoms with E-state index in [4.69, 9.17) is 14.6 Å². The highest BCUT2D eigenvalue weighted by molar-refractivity contribution is 4.56. The predicted molar refractivity (Wildman–Crippen MR) is 55.0 cm³/mol. The molecular weight excluding hydrogens is 180 g/mol. The maximum Gasteiger partial charge on any atom is 0.157 e. The highest BCUT2D eigenvalue weighted by Gasteiger charge is 2.14. The van der Waals surface area contributed by atoms with Gasteiger partial charge in [0.2, 0.25) is 0 Å². The highest BCUT2D eigenvalue weighted by atomic mass is 16.7. The fraction of sp³-hybridized carbons (Fsp3) is 1.00. The summed E-state index contributed by atoms with van der Waals surface area (Å²) < 4.78 is 11.1. The van der Waals surface area contributed by atoms with Crippen LogP contribution in [0, 0.1) is 5.92 Å². The fourth-order valence-electron chi connectivity index (χ4n) is 1.64.